The molecule has 3 rings (SSSR count). The molecule has 1 nitrogen and oxygen atoms in total. The zero-order valence-electron chi connectivity index (χ0n) is 8.89. The number of rotatable bonds is 0. The van der Waals surface area contributed by atoms with E-state index >= 15 is 0 Å². The van der Waals surface area contributed by atoms with Gasteiger partial charge >= 0.3 is 0 Å². The summed E-state index contributed by atoms with van der Waals surface area (Å²) in [5, 5.41) is 5.30. The van der Waals surface area contributed by atoms with Crippen LogP contribution in [0, 0.1) is 0 Å². The van der Waals surface area contributed by atoms with Crippen molar-refractivity contribution in [3.8, 4) is 0 Å². The van der Waals surface area contributed by atoms with Crippen molar-refractivity contribution in [2.75, 3.05) is 0 Å². The first-order valence-corrected chi connectivity index (χ1v) is 5.10. The van der Waals surface area contributed by atoms with Gasteiger partial charge in [-0.2, -0.15) is 0 Å². The van der Waals surface area contributed by atoms with Crippen LogP contribution in [0.4, 0.5) is 0 Å². The molecule has 0 saturated carbocycles. The van der Waals surface area contributed by atoms with Crippen molar-refractivity contribution < 1.29 is 4.79 Å². The number of benzene rings is 3. The summed E-state index contributed by atoms with van der Waals surface area (Å²) in [6, 6.07) is 21.4. The lowest BCUT2D eigenvalue weighted by Gasteiger charge is -2.02. The van der Waals surface area contributed by atoms with Gasteiger partial charge in [0.15, 0.2) is 0 Å². The minimum absolute atomic E-state index is 1.31. The molecule has 0 radical (unpaired) electrons. The van der Waals surface area contributed by atoms with E-state index in [1.54, 1.807) is 0 Å². The van der Waals surface area contributed by atoms with Gasteiger partial charge in [0.2, 0.25) is 0 Å². The molecule has 0 aromatic heterocycles. The Morgan fingerprint density at radius 3 is 1.38 bits per heavy atom. The smallest absolute Gasteiger partial charge is 0.106 e. The van der Waals surface area contributed by atoms with Gasteiger partial charge in [-0.3, -0.25) is 0 Å². The van der Waals surface area contributed by atoms with Gasteiger partial charge in [-0.05, 0) is 21.5 Å². The summed E-state index contributed by atoms with van der Waals surface area (Å²) in [5.74, 6) is 0. The van der Waals surface area contributed by atoms with Crippen LogP contribution in [0.15, 0.2) is 60.7 Å². The Morgan fingerprint density at radius 1 is 0.562 bits per heavy atom. The predicted molar refractivity (Wildman–Crippen MR) is 68.6 cm³/mol. The van der Waals surface area contributed by atoms with Crippen molar-refractivity contribution in [2.45, 2.75) is 0 Å². The Labute approximate surface area is 94.3 Å². The molecule has 0 saturated heterocycles. The monoisotopic (exact) mass is 208 g/mol. The molecule has 0 spiro atoms. The molecular weight excluding hydrogens is 196 g/mol. The third-order valence-corrected chi connectivity index (χ3v) is 2.65. The summed E-state index contributed by atoms with van der Waals surface area (Å²) < 4.78 is 0. The van der Waals surface area contributed by atoms with Crippen LogP contribution >= 0.6 is 0 Å². The Hall–Kier alpha value is -2.15. The highest BCUT2D eigenvalue weighted by molar-refractivity contribution is 6.07. The summed E-state index contributed by atoms with van der Waals surface area (Å²) in [4.78, 5) is 8.00. The van der Waals surface area contributed by atoms with Crippen LogP contribution in [0.1, 0.15) is 0 Å². The lowest BCUT2D eigenvalue weighted by molar-refractivity contribution is -0.0979. The maximum Gasteiger partial charge on any atom is 0.106 e. The molecule has 0 heterocycles. The van der Waals surface area contributed by atoms with E-state index in [0.717, 1.165) is 0 Å². The zero-order chi connectivity index (χ0) is 11.4. The Bertz CT molecular complexity index is 559. The summed E-state index contributed by atoms with van der Waals surface area (Å²) in [7, 11) is 0. The molecule has 3 aromatic rings. The van der Waals surface area contributed by atoms with E-state index in [1.165, 1.54) is 21.5 Å². The minimum atomic E-state index is 1.31. The Balaban J connectivity index is 0.000000457. The molecule has 1 heteroatoms. The van der Waals surface area contributed by atoms with Gasteiger partial charge in [0.25, 0.3) is 0 Å². The van der Waals surface area contributed by atoms with Crippen molar-refractivity contribution >= 4 is 28.3 Å². The third kappa shape index (κ3) is 1.68. The van der Waals surface area contributed by atoms with Gasteiger partial charge in [-0.15, -0.1) is 0 Å². The number of hydrogen-bond acceptors (Lipinski definition) is 1. The Morgan fingerprint density at radius 2 is 0.938 bits per heavy atom. The van der Waals surface area contributed by atoms with Crippen molar-refractivity contribution in [1.29, 1.82) is 0 Å². The van der Waals surface area contributed by atoms with E-state index in [0.29, 0.717) is 0 Å². The van der Waals surface area contributed by atoms with Gasteiger partial charge in [-0.25, -0.2) is 0 Å². The molecule has 0 fully saturated rings. The second-order valence-electron chi connectivity index (χ2n) is 3.51. The lowest BCUT2D eigenvalue weighted by atomic mass is 10.0. The maximum absolute atomic E-state index is 8.00. The summed E-state index contributed by atoms with van der Waals surface area (Å²) in [6.07, 6.45) is 0. The van der Waals surface area contributed by atoms with E-state index < -0.39 is 0 Å². The third-order valence-electron chi connectivity index (χ3n) is 2.65. The molecule has 0 N–H and O–H groups in total. The molecular formula is C15H12O. The number of fused-ring (bicyclic) bond motifs is 3. The van der Waals surface area contributed by atoms with Crippen LogP contribution < -0.4 is 0 Å². The fraction of sp³-hybridized carbons (Fsp3) is 0. The SMILES string of the molecule is C=O.c1ccc2c(c1)ccc1ccccc12. The minimum Gasteiger partial charge on any atom is -0.307 e. The average molecular weight is 208 g/mol. The molecule has 0 aliphatic rings. The van der Waals surface area contributed by atoms with Crippen LogP contribution in [0.25, 0.3) is 21.5 Å². The molecule has 78 valence electrons. The van der Waals surface area contributed by atoms with Gasteiger partial charge in [0.1, 0.15) is 6.79 Å². The van der Waals surface area contributed by atoms with Crippen LogP contribution in [-0.4, -0.2) is 6.79 Å². The van der Waals surface area contributed by atoms with Crippen molar-refractivity contribution in [3.05, 3.63) is 60.7 Å². The normalized spacial score (nSPS) is 9.75. The van der Waals surface area contributed by atoms with E-state index in [1.807, 2.05) is 6.79 Å². The molecule has 16 heavy (non-hydrogen) atoms. The van der Waals surface area contributed by atoms with Crippen molar-refractivity contribution in [1.82, 2.24) is 0 Å². The predicted octanol–water partition coefficient (Wildman–Crippen LogP) is 3.81. The summed E-state index contributed by atoms with van der Waals surface area (Å²) >= 11 is 0. The fourth-order valence-corrected chi connectivity index (χ4v) is 1.95. The molecule has 3 aromatic carbocycles. The standard InChI is InChI=1S/C14H10.CH2O/c1-3-7-13-11(5-1)9-10-12-6-2-4-8-14(12)13;1-2/h1-10H;1H2. The van der Waals surface area contributed by atoms with E-state index in [2.05, 4.69) is 60.7 Å². The molecule has 0 unspecified atom stereocenters. The van der Waals surface area contributed by atoms with Gasteiger partial charge in [-0.1, -0.05) is 60.7 Å². The first-order valence-electron chi connectivity index (χ1n) is 5.10. The first kappa shape index (κ1) is 10.4. The Kier molecular flexibility index (Phi) is 2.97. The molecule has 0 bridgehead atoms. The second kappa shape index (κ2) is 4.58. The van der Waals surface area contributed by atoms with Crippen molar-refractivity contribution in [3.63, 3.8) is 0 Å². The van der Waals surface area contributed by atoms with E-state index in [-0.39, 0.29) is 0 Å². The molecule has 0 atom stereocenters. The van der Waals surface area contributed by atoms with E-state index in [4.69, 9.17) is 4.79 Å². The maximum atomic E-state index is 8.00. The van der Waals surface area contributed by atoms with Gasteiger partial charge in [0, 0.05) is 0 Å². The van der Waals surface area contributed by atoms with Crippen LogP contribution in [0.2, 0.25) is 0 Å². The highest BCUT2D eigenvalue weighted by atomic mass is 16.1. The second-order valence-corrected chi connectivity index (χ2v) is 3.51. The zero-order valence-corrected chi connectivity index (χ0v) is 8.89. The van der Waals surface area contributed by atoms with Gasteiger partial charge < -0.3 is 4.79 Å². The lowest BCUT2D eigenvalue weighted by Crippen LogP contribution is -1.75. The number of carbonyl (C=O) groups is 1. The van der Waals surface area contributed by atoms with Crippen LogP contribution in [0.5, 0.6) is 0 Å². The average Bonchev–Trinajstić information content (AvgIpc) is 2.41. The highest BCUT2D eigenvalue weighted by Crippen LogP contribution is 2.24. The first-order chi connectivity index (χ1) is 7.95. The highest BCUT2D eigenvalue weighted by Gasteiger charge is 1.97. The van der Waals surface area contributed by atoms with Crippen molar-refractivity contribution in [2.24, 2.45) is 0 Å². The quantitative estimate of drug-likeness (QED) is 0.513. The molecule has 0 aliphatic carbocycles. The van der Waals surface area contributed by atoms with E-state index in [9.17, 15) is 0 Å². The molecule has 0 aliphatic heterocycles. The van der Waals surface area contributed by atoms with Crippen LogP contribution in [-0.2, 0) is 4.79 Å². The largest absolute Gasteiger partial charge is 0.307 e. The summed E-state index contributed by atoms with van der Waals surface area (Å²) in [6.45, 7) is 2.00. The topological polar surface area (TPSA) is 17.1 Å². The summed E-state index contributed by atoms with van der Waals surface area (Å²) in [5.41, 5.74) is 0. The number of hydrogen-bond donors (Lipinski definition) is 0. The van der Waals surface area contributed by atoms with Gasteiger partial charge in [0.05, 0.1) is 0 Å². The number of carbonyl (C=O) groups excluding carboxylic acids is 1. The fourth-order valence-electron chi connectivity index (χ4n) is 1.95. The van der Waals surface area contributed by atoms with Crippen LogP contribution in [0.3, 0.4) is 0 Å². The molecule has 0 amide bonds.